The number of nitrogens with zero attached hydrogens (tertiary/aromatic N) is 2. The molecule has 0 amide bonds. The summed E-state index contributed by atoms with van der Waals surface area (Å²) in [5.41, 5.74) is 1.35. The van der Waals surface area contributed by atoms with E-state index in [0.717, 1.165) is 19.7 Å². The summed E-state index contributed by atoms with van der Waals surface area (Å²) in [5.74, 6) is 0. The maximum atomic E-state index is 5.21. The average Bonchev–Trinajstić information content (AvgIpc) is 3.05. The van der Waals surface area contributed by atoms with Crippen LogP contribution in [0.3, 0.4) is 0 Å². The molecule has 102 valence electrons. The fourth-order valence-electron chi connectivity index (χ4n) is 3.13. The third kappa shape index (κ3) is 2.67. The lowest BCUT2D eigenvalue weighted by molar-refractivity contribution is 0.136. The van der Waals surface area contributed by atoms with Crippen molar-refractivity contribution in [3.05, 3.63) is 36.5 Å². The molecule has 1 aromatic heterocycles. The van der Waals surface area contributed by atoms with Gasteiger partial charge in [0.05, 0.1) is 6.61 Å². The van der Waals surface area contributed by atoms with E-state index in [4.69, 9.17) is 4.74 Å². The molecular weight excluding hydrogens is 236 g/mol. The number of hydrogen-bond acceptors (Lipinski definition) is 2. The Kier molecular flexibility index (Phi) is 3.85. The zero-order valence-corrected chi connectivity index (χ0v) is 11.6. The van der Waals surface area contributed by atoms with Crippen LogP contribution in [0.4, 0.5) is 0 Å². The van der Waals surface area contributed by atoms with Gasteiger partial charge in [0.2, 0.25) is 0 Å². The molecule has 0 saturated carbocycles. The molecule has 0 spiro atoms. The number of rotatable bonds is 5. The van der Waals surface area contributed by atoms with Crippen molar-refractivity contribution in [1.82, 2.24) is 9.47 Å². The minimum absolute atomic E-state index is 0.658. The van der Waals surface area contributed by atoms with E-state index < -0.39 is 0 Å². The first-order chi connectivity index (χ1) is 9.38. The van der Waals surface area contributed by atoms with Gasteiger partial charge in [-0.3, -0.25) is 4.90 Å². The largest absolute Gasteiger partial charge is 0.383 e. The molecule has 0 radical (unpaired) electrons. The number of benzene rings is 1. The van der Waals surface area contributed by atoms with Crippen LogP contribution in [0.1, 0.15) is 12.8 Å². The first-order valence-corrected chi connectivity index (χ1v) is 7.15. The number of fused-ring (bicyclic) bond motifs is 1. The molecule has 1 aliphatic rings. The standard InChI is InChI=1S/C16H22N2O/c1-19-12-11-17-9-4-6-15(17)13-18-10-8-14-5-2-3-7-16(14)18/h2-3,5,7-8,10,15H,4,6,9,11-13H2,1H3/t15-/m1/s1. The summed E-state index contributed by atoms with van der Waals surface area (Å²) in [7, 11) is 1.78. The fraction of sp³-hybridized carbons (Fsp3) is 0.500. The highest BCUT2D eigenvalue weighted by Gasteiger charge is 2.24. The highest BCUT2D eigenvalue weighted by atomic mass is 16.5. The lowest BCUT2D eigenvalue weighted by Crippen LogP contribution is -2.35. The minimum atomic E-state index is 0.658. The van der Waals surface area contributed by atoms with Crippen LogP contribution in [-0.4, -0.2) is 42.3 Å². The maximum absolute atomic E-state index is 5.21. The van der Waals surface area contributed by atoms with E-state index in [1.807, 2.05) is 0 Å². The van der Waals surface area contributed by atoms with Gasteiger partial charge in [-0.25, -0.2) is 0 Å². The minimum Gasteiger partial charge on any atom is -0.383 e. The Labute approximate surface area is 114 Å². The molecule has 0 aliphatic carbocycles. The quantitative estimate of drug-likeness (QED) is 0.820. The molecule has 1 aromatic carbocycles. The van der Waals surface area contributed by atoms with Gasteiger partial charge in [0, 0.05) is 38.0 Å². The van der Waals surface area contributed by atoms with E-state index in [0.29, 0.717) is 6.04 Å². The summed E-state index contributed by atoms with van der Waals surface area (Å²) >= 11 is 0. The number of methoxy groups -OCH3 is 1. The van der Waals surface area contributed by atoms with Gasteiger partial charge in [-0.2, -0.15) is 0 Å². The van der Waals surface area contributed by atoms with E-state index in [1.165, 1.54) is 30.3 Å². The van der Waals surface area contributed by atoms with E-state index in [2.05, 4.69) is 46.0 Å². The number of likely N-dealkylation sites (tertiary alicyclic amines) is 1. The predicted molar refractivity (Wildman–Crippen MR) is 78.4 cm³/mol. The Hall–Kier alpha value is -1.32. The van der Waals surface area contributed by atoms with Crippen molar-refractivity contribution >= 4 is 10.9 Å². The van der Waals surface area contributed by atoms with Crippen LogP contribution in [0.15, 0.2) is 36.5 Å². The summed E-state index contributed by atoms with van der Waals surface area (Å²) in [5, 5.41) is 1.34. The molecule has 1 aliphatic heterocycles. The van der Waals surface area contributed by atoms with E-state index in [1.54, 1.807) is 7.11 Å². The highest BCUT2D eigenvalue weighted by molar-refractivity contribution is 5.79. The molecule has 1 atom stereocenters. The van der Waals surface area contributed by atoms with E-state index in [9.17, 15) is 0 Å². The summed E-state index contributed by atoms with van der Waals surface area (Å²) < 4.78 is 7.60. The molecule has 3 heteroatoms. The second-order valence-electron chi connectivity index (χ2n) is 5.35. The third-order valence-electron chi connectivity index (χ3n) is 4.17. The highest BCUT2D eigenvalue weighted by Crippen LogP contribution is 2.22. The van der Waals surface area contributed by atoms with Crippen molar-refractivity contribution in [3.63, 3.8) is 0 Å². The van der Waals surface area contributed by atoms with Gasteiger partial charge in [-0.15, -0.1) is 0 Å². The summed E-state index contributed by atoms with van der Waals surface area (Å²) in [6, 6.07) is 11.5. The molecule has 3 nitrogen and oxygen atoms in total. The summed E-state index contributed by atoms with van der Waals surface area (Å²) in [4.78, 5) is 2.57. The molecule has 1 fully saturated rings. The lowest BCUT2D eigenvalue weighted by Gasteiger charge is -2.24. The molecule has 2 heterocycles. The topological polar surface area (TPSA) is 17.4 Å². The van der Waals surface area contributed by atoms with Crippen LogP contribution in [-0.2, 0) is 11.3 Å². The van der Waals surface area contributed by atoms with Gasteiger partial charge in [0.1, 0.15) is 0 Å². The monoisotopic (exact) mass is 258 g/mol. The fourth-order valence-corrected chi connectivity index (χ4v) is 3.13. The van der Waals surface area contributed by atoms with Gasteiger partial charge < -0.3 is 9.30 Å². The SMILES string of the molecule is COCCN1CCC[C@@H]1Cn1ccc2ccccc21. The lowest BCUT2D eigenvalue weighted by atomic mass is 10.2. The summed E-state index contributed by atoms with van der Waals surface area (Å²) in [6.07, 6.45) is 4.83. The predicted octanol–water partition coefficient (Wildman–Crippen LogP) is 2.75. The number of aromatic nitrogens is 1. The van der Waals surface area contributed by atoms with Crippen LogP contribution >= 0.6 is 0 Å². The van der Waals surface area contributed by atoms with Gasteiger partial charge in [0.25, 0.3) is 0 Å². The number of para-hydroxylation sites is 1. The van der Waals surface area contributed by atoms with Crippen molar-refractivity contribution in [2.24, 2.45) is 0 Å². The van der Waals surface area contributed by atoms with E-state index >= 15 is 0 Å². The van der Waals surface area contributed by atoms with Gasteiger partial charge in [0.15, 0.2) is 0 Å². The van der Waals surface area contributed by atoms with Crippen LogP contribution in [0.2, 0.25) is 0 Å². The maximum Gasteiger partial charge on any atom is 0.0589 e. The van der Waals surface area contributed by atoms with Crippen LogP contribution in [0.5, 0.6) is 0 Å². The van der Waals surface area contributed by atoms with Crippen molar-refractivity contribution in [1.29, 1.82) is 0 Å². The number of ether oxygens (including phenoxy) is 1. The van der Waals surface area contributed by atoms with Crippen molar-refractivity contribution in [2.45, 2.75) is 25.4 Å². The molecular formula is C16H22N2O. The molecule has 0 unspecified atom stereocenters. The van der Waals surface area contributed by atoms with Gasteiger partial charge in [-0.1, -0.05) is 18.2 Å². The second-order valence-corrected chi connectivity index (χ2v) is 5.35. The molecule has 1 saturated heterocycles. The Morgan fingerprint density at radius 1 is 1.26 bits per heavy atom. The van der Waals surface area contributed by atoms with Crippen LogP contribution in [0.25, 0.3) is 10.9 Å². The van der Waals surface area contributed by atoms with Gasteiger partial charge in [-0.05, 0) is 36.9 Å². The molecule has 3 rings (SSSR count). The Bertz CT molecular complexity index is 534. The zero-order valence-electron chi connectivity index (χ0n) is 11.6. The van der Waals surface area contributed by atoms with Crippen LogP contribution < -0.4 is 0 Å². The Morgan fingerprint density at radius 2 is 2.16 bits per heavy atom. The third-order valence-corrected chi connectivity index (χ3v) is 4.17. The normalized spacial score (nSPS) is 20.4. The first-order valence-electron chi connectivity index (χ1n) is 7.15. The molecule has 0 N–H and O–H groups in total. The van der Waals surface area contributed by atoms with Crippen molar-refractivity contribution < 1.29 is 4.74 Å². The second kappa shape index (κ2) is 5.76. The Morgan fingerprint density at radius 3 is 3.05 bits per heavy atom. The van der Waals surface area contributed by atoms with Gasteiger partial charge >= 0.3 is 0 Å². The molecule has 19 heavy (non-hydrogen) atoms. The van der Waals surface area contributed by atoms with Crippen LogP contribution in [0, 0.1) is 0 Å². The Balaban J connectivity index is 1.73. The summed E-state index contributed by atoms with van der Waals surface area (Å²) in [6.45, 7) is 4.20. The van der Waals surface area contributed by atoms with E-state index in [-0.39, 0.29) is 0 Å². The molecule has 0 bridgehead atoms. The smallest absolute Gasteiger partial charge is 0.0589 e. The van der Waals surface area contributed by atoms with Crippen molar-refractivity contribution in [3.8, 4) is 0 Å². The number of hydrogen-bond donors (Lipinski definition) is 0. The van der Waals surface area contributed by atoms with Crippen molar-refractivity contribution in [2.75, 3.05) is 26.8 Å². The molecule has 2 aromatic rings. The first kappa shape index (κ1) is 12.7. The zero-order chi connectivity index (χ0) is 13.1. The average molecular weight is 258 g/mol.